The first-order valence-electron chi connectivity index (χ1n) is 6.44. The zero-order valence-electron chi connectivity index (χ0n) is 11.1. The molecule has 1 heterocycles. The minimum absolute atomic E-state index is 0.00981. The lowest BCUT2D eigenvalue weighted by atomic mass is 10.1. The summed E-state index contributed by atoms with van der Waals surface area (Å²) < 4.78 is 1.55. The molecule has 0 spiro atoms. The van der Waals surface area contributed by atoms with Crippen molar-refractivity contribution in [3.63, 3.8) is 0 Å². The van der Waals surface area contributed by atoms with E-state index in [4.69, 9.17) is 0 Å². The molecule has 96 valence electrons. The van der Waals surface area contributed by atoms with Crippen LogP contribution in [-0.2, 0) is 6.54 Å². The lowest BCUT2D eigenvalue weighted by molar-refractivity contribution is 0.392. The average molecular weight is 237 g/mol. The number of nitrogens with one attached hydrogen (secondary N) is 1. The third kappa shape index (κ3) is 4.69. The summed E-state index contributed by atoms with van der Waals surface area (Å²) in [6, 6.07) is 1.98. The summed E-state index contributed by atoms with van der Waals surface area (Å²) in [6.07, 6.45) is 5.03. The fourth-order valence-electron chi connectivity index (χ4n) is 1.82. The zero-order chi connectivity index (χ0) is 12.7. The Hall–Kier alpha value is -1.16. The number of rotatable bonds is 7. The third-order valence-electron chi connectivity index (χ3n) is 2.72. The molecule has 0 saturated heterocycles. The Labute approximate surface area is 103 Å². The lowest BCUT2D eigenvalue weighted by Crippen LogP contribution is -2.37. The van der Waals surface area contributed by atoms with Gasteiger partial charge in [0.05, 0.1) is 12.7 Å². The van der Waals surface area contributed by atoms with Gasteiger partial charge >= 0.3 is 0 Å². The Morgan fingerprint density at radius 2 is 2.18 bits per heavy atom. The molecule has 0 saturated carbocycles. The number of nitrogens with zero attached hydrogens (tertiary/aromatic N) is 2. The Balaban J connectivity index is 2.67. The molecule has 0 aliphatic heterocycles. The van der Waals surface area contributed by atoms with Gasteiger partial charge in [-0.1, -0.05) is 20.3 Å². The van der Waals surface area contributed by atoms with E-state index in [1.807, 2.05) is 6.92 Å². The van der Waals surface area contributed by atoms with Crippen molar-refractivity contribution in [2.24, 2.45) is 0 Å². The van der Waals surface area contributed by atoms with E-state index in [1.54, 1.807) is 16.9 Å². The highest BCUT2D eigenvalue weighted by Crippen LogP contribution is 1.99. The van der Waals surface area contributed by atoms with Gasteiger partial charge in [0, 0.05) is 12.1 Å². The van der Waals surface area contributed by atoms with Crippen LogP contribution < -0.4 is 10.9 Å². The maximum Gasteiger partial charge on any atom is 0.267 e. The third-order valence-corrected chi connectivity index (χ3v) is 2.72. The minimum atomic E-state index is -0.00981. The number of hydrogen-bond acceptors (Lipinski definition) is 3. The summed E-state index contributed by atoms with van der Waals surface area (Å²) in [6.45, 7) is 7.84. The molecule has 4 heteroatoms. The molecule has 1 rings (SSSR count). The van der Waals surface area contributed by atoms with E-state index in [0.717, 1.165) is 31.4 Å². The summed E-state index contributed by atoms with van der Waals surface area (Å²) in [5.41, 5.74) is 0.907. The molecule has 1 aromatic rings. The van der Waals surface area contributed by atoms with Crippen molar-refractivity contribution in [3.8, 4) is 0 Å². The highest BCUT2D eigenvalue weighted by Gasteiger charge is 2.09. The number of aryl methyl sites for hydroxylation is 1. The monoisotopic (exact) mass is 237 g/mol. The molecule has 1 atom stereocenters. The first-order valence-corrected chi connectivity index (χ1v) is 6.44. The summed E-state index contributed by atoms with van der Waals surface area (Å²) >= 11 is 0. The first kappa shape index (κ1) is 13.9. The number of aromatic nitrogens is 2. The fourth-order valence-corrected chi connectivity index (χ4v) is 1.82. The second kappa shape index (κ2) is 7.22. The SMILES string of the molecule is CCCNC(CCC)Cn1ncc(C)cc1=O. The topological polar surface area (TPSA) is 46.9 Å². The number of hydrogen-bond donors (Lipinski definition) is 1. The van der Waals surface area contributed by atoms with Gasteiger partial charge in [-0.15, -0.1) is 0 Å². The average Bonchev–Trinajstić information content (AvgIpc) is 2.29. The summed E-state index contributed by atoms with van der Waals surface area (Å²) in [4.78, 5) is 11.7. The second-order valence-corrected chi connectivity index (χ2v) is 4.49. The van der Waals surface area contributed by atoms with Crippen LogP contribution in [0.25, 0.3) is 0 Å². The van der Waals surface area contributed by atoms with Crippen molar-refractivity contribution in [3.05, 3.63) is 28.2 Å². The summed E-state index contributed by atoms with van der Waals surface area (Å²) in [5, 5.41) is 7.63. The highest BCUT2D eigenvalue weighted by molar-refractivity contribution is 5.02. The highest BCUT2D eigenvalue weighted by atomic mass is 16.1. The standard InChI is InChI=1S/C13H23N3O/c1-4-6-12(14-7-5-2)10-16-13(17)8-11(3)9-15-16/h8-9,12,14H,4-7,10H2,1-3H3. The minimum Gasteiger partial charge on any atom is -0.312 e. The van der Waals surface area contributed by atoms with Crippen LogP contribution in [0.3, 0.4) is 0 Å². The van der Waals surface area contributed by atoms with Crippen molar-refractivity contribution in [1.29, 1.82) is 0 Å². The predicted molar refractivity (Wildman–Crippen MR) is 70.2 cm³/mol. The summed E-state index contributed by atoms with van der Waals surface area (Å²) in [5.74, 6) is 0. The van der Waals surface area contributed by atoms with Crippen molar-refractivity contribution in [2.75, 3.05) is 6.54 Å². The molecule has 0 amide bonds. The second-order valence-electron chi connectivity index (χ2n) is 4.49. The maximum absolute atomic E-state index is 11.7. The van der Waals surface area contributed by atoms with Gasteiger partial charge in [0.25, 0.3) is 5.56 Å². The molecular formula is C13H23N3O. The molecule has 17 heavy (non-hydrogen) atoms. The van der Waals surface area contributed by atoms with E-state index in [2.05, 4.69) is 24.3 Å². The van der Waals surface area contributed by atoms with Gasteiger partial charge in [0.15, 0.2) is 0 Å². The largest absolute Gasteiger partial charge is 0.312 e. The van der Waals surface area contributed by atoms with Crippen LogP contribution in [-0.4, -0.2) is 22.4 Å². The Kier molecular flexibility index (Phi) is 5.91. The first-order chi connectivity index (χ1) is 8.17. The molecule has 1 aromatic heterocycles. The van der Waals surface area contributed by atoms with E-state index >= 15 is 0 Å². The van der Waals surface area contributed by atoms with Crippen LogP contribution in [0.4, 0.5) is 0 Å². The fraction of sp³-hybridized carbons (Fsp3) is 0.692. The predicted octanol–water partition coefficient (Wildman–Crippen LogP) is 1.72. The van der Waals surface area contributed by atoms with Gasteiger partial charge in [-0.2, -0.15) is 5.10 Å². The van der Waals surface area contributed by atoms with E-state index < -0.39 is 0 Å². The van der Waals surface area contributed by atoms with Gasteiger partial charge in [-0.25, -0.2) is 4.68 Å². The molecule has 0 fully saturated rings. The van der Waals surface area contributed by atoms with E-state index in [0.29, 0.717) is 12.6 Å². The molecular weight excluding hydrogens is 214 g/mol. The summed E-state index contributed by atoms with van der Waals surface area (Å²) in [7, 11) is 0. The Morgan fingerprint density at radius 3 is 2.76 bits per heavy atom. The Morgan fingerprint density at radius 1 is 1.41 bits per heavy atom. The maximum atomic E-state index is 11.7. The molecule has 1 unspecified atom stereocenters. The molecule has 0 aliphatic carbocycles. The molecule has 1 N–H and O–H groups in total. The van der Waals surface area contributed by atoms with Crippen LogP contribution in [0.2, 0.25) is 0 Å². The quantitative estimate of drug-likeness (QED) is 0.785. The van der Waals surface area contributed by atoms with E-state index in [-0.39, 0.29) is 5.56 Å². The molecule has 0 aromatic carbocycles. The van der Waals surface area contributed by atoms with Gasteiger partial charge in [0.2, 0.25) is 0 Å². The van der Waals surface area contributed by atoms with E-state index in [9.17, 15) is 4.79 Å². The van der Waals surface area contributed by atoms with Crippen molar-refractivity contribution >= 4 is 0 Å². The van der Waals surface area contributed by atoms with Crippen LogP contribution in [0.1, 0.15) is 38.7 Å². The van der Waals surface area contributed by atoms with Crippen molar-refractivity contribution in [1.82, 2.24) is 15.1 Å². The van der Waals surface area contributed by atoms with Crippen LogP contribution >= 0.6 is 0 Å². The Bertz CT molecular complexity index is 386. The normalized spacial score (nSPS) is 12.6. The molecule has 0 radical (unpaired) electrons. The van der Waals surface area contributed by atoms with Crippen LogP contribution in [0.5, 0.6) is 0 Å². The van der Waals surface area contributed by atoms with Crippen molar-refractivity contribution < 1.29 is 0 Å². The van der Waals surface area contributed by atoms with Crippen molar-refractivity contribution in [2.45, 2.75) is 52.6 Å². The van der Waals surface area contributed by atoms with Gasteiger partial charge in [-0.05, 0) is 31.9 Å². The molecule has 4 nitrogen and oxygen atoms in total. The lowest BCUT2D eigenvalue weighted by Gasteiger charge is -2.18. The van der Waals surface area contributed by atoms with E-state index in [1.165, 1.54) is 0 Å². The van der Waals surface area contributed by atoms with Gasteiger partial charge in [0.1, 0.15) is 0 Å². The molecule has 0 aliphatic rings. The molecule has 0 bridgehead atoms. The van der Waals surface area contributed by atoms with Gasteiger partial charge < -0.3 is 5.32 Å². The zero-order valence-corrected chi connectivity index (χ0v) is 11.1. The smallest absolute Gasteiger partial charge is 0.267 e. The van der Waals surface area contributed by atoms with Gasteiger partial charge in [-0.3, -0.25) is 4.79 Å². The van der Waals surface area contributed by atoms with Crippen LogP contribution in [0, 0.1) is 6.92 Å². The van der Waals surface area contributed by atoms with Crippen LogP contribution in [0.15, 0.2) is 17.1 Å².